The van der Waals surface area contributed by atoms with Crippen molar-refractivity contribution < 1.29 is 80.2 Å². The van der Waals surface area contributed by atoms with Crippen LogP contribution in [-0.4, -0.2) is 96.7 Å². The van der Waals surface area contributed by atoms with E-state index in [2.05, 4.69) is 27.7 Å². The highest BCUT2D eigenvalue weighted by Gasteiger charge is 2.30. The monoisotopic (exact) mass is 1540 g/mol. The standard InChI is InChI=1S/C86H168O17P2/c1-5-9-13-17-21-25-29-32-35-38-40-41-44-47-50-53-57-61-65-69-73-86(91)103-82(77-97-84(89)71-67-63-59-55-51-48-45-43-39-36-33-30-26-22-18-14-10-6-2)79-101-105(94,95)99-75-80(87)74-98-104(92,93)100-78-81(76-96-83(88)70-66-62-58-54-28-24-20-16-12-8-4)102-85(90)72-68-64-60-56-52-49-46-42-37-34-31-27-23-19-15-11-7-3/h80-82,87H,5-79H2,1-4H3,(H,92,93)(H,94,95)/t80-,81+,82+/m0/s1. The van der Waals surface area contributed by atoms with Crippen molar-refractivity contribution in [2.45, 2.75) is 489 Å². The number of aliphatic hydroxyl groups excluding tert-OH is 1. The van der Waals surface area contributed by atoms with Crippen LogP contribution in [-0.2, 0) is 65.4 Å². The number of unbranched alkanes of at least 4 members (excludes halogenated alkanes) is 61. The third-order valence-electron chi connectivity index (χ3n) is 20.4. The topological polar surface area (TPSA) is 237 Å². The summed E-state index contributed by atoms with van der Waals surface area (Å²) in [4.78, 5) is 73.2. The van der Waals surface area contributed by atoms with E-state index >= 15 is 0 Å². The van der Waals surface area contributed by atoms with Crippen LogP contribution >= 0.6 is 15.6 Å². The summed E-state index contributed by atoms with van der Waals surface area (Å²) >= 11 is 0. The predicted octanol–water partition coefficient (Wildman–Crippen LogP) is 26.5. The summed E-state index contributed by atoms with van der Waals surface area (Å²) in [5.74, 6) is -2.10. The number of phosphoric acid groups is 2. The van der Waals surface area contributed by atoms with Crippen molar-refractivity contribution in [1.82, 2.24) is 0 Å². The number of rotatable bonds is 87. The van der Waals surface area contributed by atoms with Gasteiger partial charge in [0.2, 0.25) is 0 Å². The van der Waals surface area contributed by atoms with Gasteiger partial charge in [-0.25, -0.2) is 9.13 Å². The second kappa shape index (κ2) is 80.1. The lowest BCUT2D eigenvalue weighted by Gasteiger charge is -2.21. The maximum atomic E-state index is 13.1. The molecule has 0 saturated heterocycles. The van der Waals surface area contributed by atoms with Gasteiger partial charge < -0.3 is 33.8 Å². The van der Waals surface area contributed by atoms with Gasteiger partial charge >= 0.3 is 39.5 Å². The normalized spacial score (nSPS) is 13.7. The zero-order valence-corrected chi connectivity index (χ0v) is 70.5. The molecule has 0 aliphatic rings. The van der Waals surface area contributed by atoms with Gasteiger partial charge in [-0.1, -0.05) is 419 Å². The Kier molecular flexibility index (Phi) is 78.6. The Hall–Kier alpha value is -1.94. The fraction of sp³-hybridized carbons (Fsp3) is 0.953. The van der Waals surface area contributed by atoms with Crippen LogP contribution in [0.3, 0.4) is 0 Å². The van der Waals surface area contributed by atoms with Gasteiger partial charge in [0.25, 0.3) is 0 Å². The molecular weight excluding hydrogens is 1370 g/mol. The molecular formula is C86H168O17P2. The molecule has 624 valence electrons. The van der Waals surface area contributed by atoms with Gasteiger partial charge in [0.15, 0.2) is 12.2 Å². The van der Waals surface area contributed by atoms with E-state index in [4.69, 9.17) is 37.0 Å². The molecule has 0 aliphatic heterocycles. The highest BCUT2D eigenvalue weighted by molar-refractivity contribution is 7.47. The minimum absolute atomic E-state index is 0.109. The van der Waals surface area contributed by atoms with Gasteiger partial charge in [-0.05, 0) is 25.7 Å². The van der Waals surface area contributed by atoms with Crippen molar-refractivity contribution in [1.29, 1.82) is 0 Å². The largest absolute Gasteiger partial charge is 0.472 e. The van der Waals surface area contributed by atoms with E-state index in [1.54, 1.807) is 0 Å². The molecule has 105 heavy (non-hydrogen) atoms. The van der Waals surface area contributed by atoms with Crippen LogP contribution in [0.25, 0.3) is 0 Å². The van der Waals surface area contributed by atoms with Crippen LogP contribution < -0.4 is 0 Å². The molecule has 0 heterocycles. The second-order valence-corrected chi connectivity index (χ2v) is 33.8. The molecule has 5 atom stereocenters. The Bertz CT molecular complexity index is 1980. The lowest BCUT2D eigenvalue weighted by atomic mass is 10.0. The van der Waals surface area contributed by atoms with Gasteiger partial charge in [0.1, 0.15) is 19.3 Å². The maximum Gasteiger partial charge on any atom is 0.472 e. The minimum Gasteiger partial charge on any atom is -0.462 e. The van der Waals surface area contributed by atoms with E-state index < -0.39 is 97.5 Å². The molecule has 3 N–H and O–H groups in total. The average molecular weight is 1540 g/mol. The minimum atomic E-state index is -4.96. The number of aliphatic hydroxyl groups is 1. The molecule has 17 nitrogen and oxygen atoms in total. The van der Waals surface area contributed by atoms with Crippen molar-refractivity contribution in [3.63, 3.8) is 0 Å². The summed E-state index contributed by atoms with van der Waals surface area (Å²) in [5.41, 5.74) is 0. The predicted molar refractivity (Wildman–Crippen MR) is 432 cm³/mol. The summed E-state index contributed by atoms with van der Waals surface area (Å²) in [6, 6.07) is 0. The van der Waals surface area contributed by atoms with Crippen molar-refractivity contribution >= 4 is 39.5 Å². The molecule has 0 spiro atoms. The first kappa shape index (κ1) is 103. The van der Waals surface area contributed by atoms with Gasteiger partial charge in [-0.2, -0.15) is 0 Å². The maximum absolute atomic E-state index is 13.1. The zero-order chi connectivity index (χ0) is 76.7. The Labute approximate surface area is 645 Å². The summed E-state index contributed by atoms with van der Waals surface area (Å²) in [6.07, 6.45) is 75.0. The van der Waals surface area contributed by atoms with Crippen LogP contribution in [0.15, 0.2) is 0 Å². The average Bonchev–Trinajstić information content (AvgIpc) is 0.915. The first-order chi connectivity index (χ1) is 51.2. The van der Waals surface area contributed by atoms with Gasteiger partial charge in [-0.3, -0.25) is 37.3 Å². The van der Waals surface area contributed by atoms with Crippen LogP contribution in [0.2, 0.25) is 0 Å². The molecule has 0 aromatic carbocycles. The van der Waals surface area contributed by atoms with Gasteiger partial charge in [0, 0.05) is 25.7 Å². The van der Waals surface area contributed by atoms with Crippen LogP contribution in [0.5, 0.6) is 0 Å². The van der Waals surface area contributed by atoms with Crippen molar-refractivity contribution in [3.05, 3.63) is 0 Å². The lowest BCUT2D eigenvalue weighted by molar-refractivity contribution is -0.161. The van der Waals surface area contributed by atoms with Crippen molar-refractivity contribution in [2.75, 3.05) is 39.6 Å². The summed E-state index contributed by atoms with van der Waals surface area (Å²) < 4.78 is 68.9. The van der Waals surface area contributed by atoms with E-state index in [9.17, 15) is 43.2 Å². The number of phosphoric ester groups is 2. The summed E-state index contributed by atoms with van der Waals surface area (Å²) in [7, 11) is -9.92. The van der Waals surface area contributed by atoms with Gasteiger partial charge in [-0.15, -0.1) is 0 Å². The molecule has 0 aromatic rings. The third-order valence-corrected chi connectivity index (χ3v) is 22.3. The van der Waals surface area contributed by atoms with E-state index in [-0.39, 0.29) is 25.7 Å². The molecule has 0 rings (SSSR count). The molecule has 0 radical (unpaired) electrons. The number of carbonyl (C=O) groups excluding carboxylic acids is 4. The smallest absolute Gasteiger partial charge is 0.462 e. The Morgan fingerprint density at radius 1 is 0.229 bits per heavy atom. The number of ether oxygens (including phenoxy) is 4. The highest BCUT2D eigenvalue weighted by Crippen LogP contribution is 2.45. The van der Waals surface area contributed by atoms with Crippen LogP contribution in [0.4, 0.5) is 0 Å². The quantitative estimate of drug-likeness (QED) is 0.0222. The molecule has 0 saturated carbocycles. The third kappa shape index (κ3) is 79.9. The van der Waals surface area contributed by atoms with E-state index in [0.717, 1.165) is 89.9 Å². The number of hydrogen-bond donors (Lipinski definition) is 3. The number of carbonyl (C=O) groups is 4. The lowest BCUT2D eigenvalue weighted by Crippen LogP contribution is -2.30. The Morgan fingerprint density at radius 3 is 0.562 bits per heavy atom. The van der Waals surface area contributed by atoms with Crippen LogP contribution in [0.1, 0.15) is 471 Å². The molecule has 2 unspecified atom stereocenters. The molecule has 0 aliphatic carbocycles. The Balaban J connectivity index is 5.22. The van der Waals surface area contributed by atoms with Crippen LogP contribution in [0, 0.1) is 0 Å². The molecule has 0 aromatic heterocycles. The molecule has 19 heteroatoms. The van der Waals surface area contributed by atoms with E-state index in [1.165, 1.54) is 302 Å². The highest BCUT2D eigenvalue weighted by atomic mass is 31.2. The summed E-state index contributed by atoms with van der Waals surface area (Å²) in [5, 5.41) is 10.7. The molecule has 0 bridgehead atoms. The zero-order valence-electron chi connectivity index (χ0n) is 68.7. The van der Waals surface area contributed by atoms with E-state index in [1.807, 2.05) is 0 Å². The summed E-state index contributed by atoms with van der Waals surface area (Å²) in [6.45, 7) is 5.05. The molecule has 0 fully saturated rings. The van der Waals surface area contributed by atoms with Gasteiger partial charge in [0.05, 0.1) is 26.4 Å². The van der Waals surface area contributed by atoms with E-state index in [0.29, 0.717) is 25.7 Å². The fourth-order valence-corrected chi connectivity index (χ4v) is 15.1. The second-order valence-electron chi connectivity index (χ2n) is 30.9. The van der Waals surface area contributed by atoms with Crippen molar-refractivity contribution in [3.8, 4) is 0 Å². The number of hydrogen-bond acceptors (Lipinski definition) is 15. The first-order valence-electron chi connectivity index (χ1n) is 44.8. The van der Waals surface area contributed by atoms with Crippen molar-refractivity contribution in [2.24, 2.45) is 0 Å². The fourth-order valence-electron chi connectivity index (χ4n) is 13.5. The Morgan fingerprint density at radius 2 is 0.381 bits per heavy atom. The molecule has 0 amide bonds. The SMILES string of the molecule is CCCCCCCCCCCCCCCCCCCCCCC(=O)O[C@H](COC(=O)CCCCCCCCCCCCCCCCCCCC)COP(=O)(O)OC[C@@H](O)COP(=O)(O)OC[C@@H](COC(=O)CCCCCCCCCCCC)OC(=O)CCCCCCCCCCCCCCCCCCC. The first-order valence-corrected chi connectivity index (χ1v) is 47.8. The number of esters is 4.